The van der Waals surface area contributed by atoms with Crippen molar-refractivity contribution in [2.75, 3.05) is 26.2 Å². The van der Waals surface area contributed by atoms with Gasteiger partial charge in [-0.1, -0.05) is 0 Å². The van der Waals surface area contributed by atoms with Gasteiger partial charge < -0.3 is 15.3 Å². The average molecular weight is 345 g/mol. The van der Waals surface area contributed by atoms with Crippen molar-refractivity contribution in [1.82, 2.24) is 24.7 Å². The molecular formula is C15H25F2N5O2. The maximum absolute atomic E-state index is 12.8. The largest absolute Gasteiger partial charge is 0.389 e. The molecular weight excluding hydrogens is 320 g/mol. The van der Waals surface area contributed by atoms with Gasteiger partial charge >= 0.3 is 12.6 Å². The summed E-state index contributed by atoms with van der Waals surface area (Å²) >= 11 is 0. The second-order valence-corrected chi connectivity index (χ2v) is 6.78. The number of halogens is 2. The number of amides is 2. The van der Waals surface area contributed by atoms with E-state index in [9.17, 15) is 18.7 Å². The van der Waals surface area contributed by atoms with Crippen LogP contribution in [-0.2, 0) is 6.54 Å². The van der Waals surface area contributed by atoms with Crippen LogP contribution < -0.4 is 5.32 Å². The number of imidazole rings is 1. The Hall–Kier alpha value is -1.74. The Kier molecular flexibility index (Phi) is 5.76. The molecule has 1 aliphatic rings. The van der Waals surface area contributed by atoms with Gasteiger partial charge in [-0.05, 0) is 20.8 Å². The Bertz CT molecular complexity index is 558. The van der Waals surface area contributed by atoms with Crippen LogP contribution >= 0.6 is 0 Å². The molecule has 0 aliphatic carbocycles. The van der Waals surface area contributed by atoms with Crippen molar-refractivity contribution in [2.24, 2.45) is 0 Å². The maximum atomic E-state index is 12.8. The Morgan fingerprint density at radius 3 is 2.79 bits per heavy atom. The van der Waals surface area contributed by atoms with E-state index in [0.717, 1.165) is 4.57 Å². The number of aromatic nitrogens is 2. The molecule has 2 N–H and O–H groups in total. The number of alkyl halides is 2. The minimum atomic E-state index is -2.68. The number of β-amino-alcohol motifs (C(OH)–C–C–N with tert-alkyl or cyclic N) is 1. The molecule has 2 amide bonds. The summed E-state index contributed by atoms with van der Waals surface area (Å²) in [5.41, 5.74) is -0.781. The monoisotopic (exact) mass is 345 g/mol. The standard InChI is InChI=1S/C15H25F2N5O2/c1-11-9-20(10-15(2,3)24)6-7-21(11)14(23)19-8-12-18-4-5-22(12)13(16)17/h4-5,11,13,24H,6-10H2,1-3H3,(H,19,23). The third-order valence-corrected chi connectivity index (χ3v) is 3.94. The molecule has 1 unspecified atom stereocenters. The Morgan fingerprint density at radius 1 is 1.50 bits per heavy atom. The zero-order valence-electron chi connectivity index (χ0n) is 14.2. The van der Waals surface area contributed by atoms with Gasteiger partial charge in [0.05, 0.1) is 12.1 Å². The number of nitrogens with one attached hydrogen (secondary N) is 1. The van der Waals surface area contributed by atoms with Gasteiger partial charge in [0.15, 0.2) is 0 Å². The fraction of sp³-hybridized carbons (Fsp3) is 0.733. The van der Waals surface area contributed by atoms with Crippen molar-refractivity contribution in [3.8, 4) is 0 Å². The van der Waals surface area contributed by atoms with Gasteiger partial charge in [0.25, 0.3) is 0 Å². The zero-order valence-corrected chi connectivity index (χ0v) is 14.2. The average Bonchev–Trinajstić information content (AvgIpc) is 2.91. The van der Waals surface area contributed by atoms with Crippen LogP contribution in [0.2, 0.25) is 0 Å². The van der Waals surface area contributed by atoms with Gasteiger partial charge in [0, 0.05) is 44.6 Å². The van der Waals surface area contributed by atoms with E-state index in [4.69, 9.17) is 0 Å². The van der Waals surface area contributed by atoms with Crippen LogP contribution in [-0.4, -0.2) is 68.3 Å². The topological polar surface area (TPSA) is 73.6 Å². The van der Waals surface area contributed by atoms with Crippen LogP contribution in [0.5, 0.6) is 0 Å². The van der Waals surface area contributed by atoms with Gasteiger partial charge in [-0.15, -0.1) is 0 Å². The summed E-state index contributed by atoms with van der Waals surface area (Å²) in [6.07, 6.45) is 2.47. The normalized spacial score (nSPS) is 19.8. The highest BCUT2D eigenvalue weighted by Crippen LogP contribution is 2.14. The first-order chi connectivity index (χ1) is 11.2. The highest BCUT2D eigenvalue weighted by molar-refractivity contribution is 5.74. The van der Waals surface area contributed by atoms with E-state index in [-0.39, 0.29) is 24.4 Å². The Morgan fingerprint density at radius 2 is 2.21 bits per heavy atom. The first-order valence-electron chi connectivity index (χ1n) is 7.96. The van der Waals surface area contributed by atoms with Gasteiger partial charge in [0.2, 0.25) is 0 Å². The van der Waals surface area contributed by atoms with Crippen LogP contribution in [0.3, 0.4) is 0 Å². The molecule has 0 bridgehead atoms. The van der Waals surface area contributed by atoms with Crippen molar-refractivity contribution >= 4 is 6.03 Å². The first-order valence-corrected chi connectivity index (χ1v) is 7.96. The molecule has 0 saturated carbocycles. The summed E-state index contributed by atoms with van der Waals surface area (Å²) in [4.78, 5) is 19.9. The molecule has 0 aromatic carbocycles. The van der Waals surface area contributed by atoms with Gasteiger partial charge in [-0.2, -0.15) is 8.78 Å². The van der Waals surface area contributed by atoms with E-state index in [0.29, 0.717) is 26.2 Å². The quantitative estimate of drug-likeness (QED) is 0.843. The van der Waals surface area contributed by atoms with E-state index < -0.39 is 12.2 Å². The third kappa shape index (κ3) is 4.88. The molecule has 7 nitrogen and oxygen atoms in total. The smallest absolute Gasteiger partial charge is 0.319 e. The van der Waals surface area contributed by atoms with Crippen LogP contribution in [0.1, 0.15) is 33.1 Å². The molecule has 0 spiro atoms. The number of nitrogens with zero attached hydrogens (tertiary/aromatic N) is 4. The number of hydrogen-bond donors (Lipinski definition) is 2. The molecule has 9 heteroatoms. The lowest BCUT2D eigenvalue weighted by atomic mass is 10.1. The molecule has 1 aromatic heterocycles. The Labute approximate surface area is 140 Å². The molecule has 1 saturated heterocycles. The van der Waals surface area contributed by atoms with E-state index >= 15 is 0 Å². The van der Waals surface area contributed by atoms with Crippen molar-refractivity contribution in [3.63, 3.8) is 0 Å². The summed E-state index contributed by atoms with van der Waals surface area (Å²) in [6, 6.07) is -0.329. The molecule has 136 valence electrons. The summed E-state index contributed by atoms with van der Waals surface area (Å²) in [6.45, 7) is 5.08. The Balaban J connectivity index is 1.86. The number of carbonyl (C=O) groups excluding carboxylic acids is 1. The van der Waals surface area contributed by atoms with E-state index in [1.807, 2.05) is 6.92 Å². The number of piperazine rings is 1. The predicted octanol–water partition coefficient (Wildman–Crippen LogP) is 1.26. The van der Waals surface area contributed by atoms with E-state index in [1.165, 1.54) is 12.4 Å². The lowest BCUT2D eigenvalue weighted by molar-refractivity contribution is 0.0118. The third-order valence-electron chi connectivity index (χ3n) is 3.94. The van der Waals surface area contributed by atoms with Crippen LogP contribution in [0.25, 0.3) is 0 Å². The van der Waals surface area contributed by atoms with Crippen LogP contribution in [0.15, 0.2) is 12.4 Å². The SMILES string of the molecule is CC1CN(CC(C)(C)O)CCN1C(=O)NCc1nccn1C(F)F. The molecule has 1 atom stereocenters. The molecule has 2 rings (SSSR count). The molecule has 24 heavy (non-hydrogen) atoms. The minimum Gasteiger partial charge on any atom is -0.389 e. The molecule has 2 heterocycles. The van der Waals surface area contributed by atoms with Crippen LogP contribution in [0.4, 0.5) is 13.6 Å². The number of aliphatic hydroxyl groups is 1. The van der Waals surface area contributed by atoms with Crippen LogP contribution in [0, 0.1) is 0 Å². The second-order valence-electron chi connectivity index (χ2n) is 6.78. The van der Waals surface area contributed by atoms with Crippen molar-refractivity contribution < 1.29 is 18.7 Å². The number of urea groups is 1. The highest BCUT2D eigenvalue weighted by atomic mass is 19.3. The summed E-state index contributed by atoms with van der Waals surface area (Å²) in [5.74, 6) is 0.117. The van der Waals surface area contributed by atoms with Crippen molar-refractivity contribution in [1.29, 1.82) is 0 Å². The molecule has 1 aromatic rings. The maximum Gasteiger partial charge on any atom is 0.319 e. The second kappa shape index (κ2) is 7.43. The number of hydrogen-bond acceptors (Lipinski definition) is 4. The van der Waals surface area contributed by atoms with Gasteiger partial charge in [-0.3, -0.25) is 9.47 Å². The summed E-state index contributed by atoms with van der Waals surface area (Å²) < 4.78 is 26.2. The fourth-order valence-corrected chi connectivity index (χ4v) is 2.94. The first kappa shape index (κ1) is 18.6. The zero-order chi connectivity index (χ0) is 17.9. The van der Waals surface area contributed by atoms with E-state index in [2.05, 4.69) is 15.2 Å². The molecule has 1 fully saturated rings. The minimum absolute atomic E-state index is 0.0315. The summed E-state index contributed by atoms with van der Waals surface area (Å²) in [7, 11) is 0. The van der Waals surface area contributed by atoms with Gasteiger partial charge in [0.1, 0.15) is 5.82 Å². The van der Waals surface area contributed by atoms with Crippen molar-refractivity contribution in [2.45, 2.75) is 45.5 Å². The van der Waals surface area contributed by atoms with Crippen molar-refractivity contribution in [3.05, 3.63) is 18.2 Å². The number of rotatable bonds is 5. The molecule has 0 radical (unpaired) electrons. The van der Waals surface area contributed by atoms with Gasteiger partial charge in [-0.25, -0.2) is 9.78 Å². The fourth-order valence-electron chi connectivity index (χ4n) is 2.94. The highest BCUT2D eigenvalue weighted by Gasteiger charge is 2.29. The number of carbonyl (C=O) groups is 1. The van der Waals surface area contributed by atoms with E-state index in [1.54, 1.807) is 18.7 Å². The molecule has 1 aliphatic heterocycles. The lowest BCUT2D eigenvalue weighted by Crippen LogP contribution is -2.58. The summed E-state index contributed by atoms with van der Waals surface area (Å²) in [5, 5.41) is 12.5. The predicted molar refractivity (Wildman–Crippen MR) is 84.6 cm³/mol. The lowest BCUT2D eigenvalue weighted by Gasteiger charge is -2.41.